The Hall–Kier alpha value is -4.17. The summed E-state index contributed by atoms with van der Waals surface area (Å²) in [7, 11) is 0. The summed E-state index contributed by atoms with van der Waals surface area (Å²) in [4.78, 5) is 40.9. The van der Waals surface area contributed by atoms with Crippen LogP contribution in [0.4, 0.5) is 0 Å². The summed E-state index contributed by atoms with van der Waals surface area (Å²) in [6.07, 6.45) is 4.38. The molecule has 8 nitrogen and oxygen atoms in total. The topological polar surface area (TPSA) is 137 Å². The summed E-state index contributed by atoms with van der Waals surface area (Å²) < 4.78 is 5.59. The minimum atomic E-state index is -0.987. The Labute approximate surface area is 254 Å². The highest BCUT2D eigenvalue weighted by Gasteiger charge is 2.48. The normalized spacial score (nSPS) is 15.6. The zero-order valence-corrected chi connectivity index (χ0v) is 25.0. The Bertz CT molecular complexity index is 1340. The zero-order chi connectivity index (χ0) is 30.7. The Kier molecular flexibility index (Phi) is 11.3. The molecule has 0 spiro atoms. The second-order valence-corrected chi connectivity index (χ2v) is 11.4. The number of nitrogens with one attached hydrogen (secondary N) is 2. The van der Waals surface area contributed by atoms with Crippen LogP contribution in [0.1, 0.15) is 61.3 Å². The fraction of sp³-hybridized carbons (Fsp3) is 0.400. The van der Waals surface area contributed by atoms with Crippen LogP contribution in [0.25, 0.3) is 0 Å². The van der Waals surface area contributed by atoms with Crippen molar-refractivity contribution < 1.29 is 19.1 Å². The molecule has 1 aliphatic carbocycles. The molecule has 2 atom stereocenters. The van der Waals surface area contributed by atoms with Crippen molar-refractivity contribution in [1.82, 2.24) is 10.6 Å². The molecule has 0 radical (unpaired) electrons. The molecule has 0 unspecified atom stereocenters. The van der Waals surface area contributed by atoms with E-state index in [0.29, 0.717) is 45.4 Å². The smallest absolute Gasteiger partial charge is 0.243 e. The number of ether oxygens (including phenoxy) is 1. The molecular weight excluding hydrogens is 540 g/mol. The third-order valence-electron chi connectivity index (χ3n) is 8.54. The van der Waals surface area contributed by atoms with E-state index < -0.39 is 23.3 Å². The average molecular weight is 585 g/mol. The lowest BCUT2D eigenvalue weighted by atomic mass is 9.63. The first kappa shape index (κ1) is 31.8. The minimum absolute atomic E-state index is 0.295. The Morgan fingerprint density at radius 3 is 2.00 bits per heavy atom. The molecule has 3 aromatic rings. The highest BCUT2D eigenvalue weighted by atomic mass is 16.5. The number of rotatable bonds is 14. The molecule has 6 N–H and O–H groups in total. The lowest BCUT2D eigenvalue weighted by Gasteiger charge is -2.41. The van der Waals surface area contributed by atoms with E-state index in [2.05, 4.69) is 10.6 Å². The number of primary amides is 1. The molecule has 3 amide bonds. The first-order valence-corrected chi connectivity index (χ1v) is 15.3. The van der Waals surface area contributed by atoms with Gasteiger partial charge in [0.05, 0.1) is 17.9 Å². The Morgan fingerprint density at radius 2 is 1.40 bits per heavy atom. The summed E-state index contributed by atoms with van der Waals surface area (Å²) in [5, 5.41) is 6.04. The fourth-order valence-corrected chi connectivity index (χ4v) is 6.05. The molecule has 1 fully saturated rings. The van der Waals surface area contributed by atoms with E-state index >= 15 is 0 Å². The second-order valence-electron chi connectivity index (χ2n) is 11.4. The number of benzene rings is 3. The molecule has 0 aliphatic heterocycles. The Balaban J connectivity index is 1.59. The van der Waals surface area contributed by atoms with E-state index in [1.165, 1.54) is 0 Å². The monoisotopic (exact) mass is 584 g/mol. The van der Waals surface area contributed by atoms with E-state index in [1.807, 2.05) is 85.8 Å². The van der Waals surface area contributed by atoms with E-state index in [9.17, 15) is 14.4 Å². The SMILES string of the molecule is CCOc1ccc(C[C@@H](C(=O)N[C@@H](Cc2ccccc2)C(=O)NCc2ccc(CN)cc2)C2(C(N)=O)CCCCC2)cc1. The highest BCUT2D eigenvalue weighted by molar-refractivity contribution is 5.93. The van der Waals surface area contributed by atoms with Crippen molar-refractivity contribution in [2.75, 3.05) is 6.61 Å². The molecule has 8 heteroatoms. The van der Waals surface area contributed by atoms with E-state index in [0.717, 1.165) is 47.3 Å². The number of hydrogen-bond acceptors (Lipinski definition) is 5. The minimum Gasteiger partial charge on any atom is -0.494 e. The van der Waals surface area contributed by atoms with Crippen LogP contribution >= 0.6 is 0 Å². The number of amides is 3. The van der Waals surface area contributed by atoms with Crippen LogP contribution in [0, 0.1) is 11.3 Å². The molecule has 43 heavy (non-hydrogen) atoms. The first-order chi connectivity index (χ1) is 20.8. The van der Waals surface area contributed by atoms with Crippen molar-refractivity contribution in [1.29, 1.82) is 0 Å². The van der Waals surface area contributed by atoms with Gasteiger partial charge in [0.25, 0.3) is 0 Å². The van der Waals surface area contributed by atoms with Gasteiger partial charge in [0.15, 0.2) is 0 Å². The van der Waals surface area contributed by atoms with Gasteiger partial charge in [0.1, 0.15) is 11.8 Å². The lowest BCUT2D eigenvalue weighted by molar-refractivity contribution is -0.144. The molecule has 0 saturated heterocycles. The van der Waals surface area contributed by atoms with Gasteiger partial charge in [-0.15, -0.1) is 0 Å². The van der Waals surface area contributed by atoms with Crippen LogP contribution in [-0.4, -0.2) is 30.4 Å². The predicted octanol–water partition coefficient (Wildman–Crippen LogP) is 4.18. The van der Waals surface area contributed by atoms with Gasteiger partial charge in [0, 0.05) is 19.5 Å². The predicted molar refractivity (Wildman–Crippen MR) is 168 cm³/mol. The number of nitrogens with two attached hydrogens (primary N) is 2. The molecule has 0 heterocycles. The summed E-state index contributed by atoms with van der Waals surface area (Å²) in [6.45, 7) is 3.24. The van der Waals surface area contributed by atoms with Gasteiger partial charge in [-0.2, -0.15) is 0 Å². The maximum atomic E-state index is 14.2. The van der Waals surface area contributed by atoms with Gasteiger partial charge in [-0.05, 0) is 60.6 Å². The van der Waals surface area contributed by atoms with Crippen molar-refractivity contribution in [3.05, 3.63) is 101 Å². The van der Waals surface area contributed by atoms with Gasteiger partial charge in [-0.25, -0.2) is 0 Å². The fourth-order valence-electron chi connectivity index (χ4n) is 6.05. The van der Waals surface area contributed by atoms with Gasteiger partial charge < -0.3 is 26.8 Å². The first-order valence-electron chi connectivity index (χ1n) is 15.3. The summed E-state index contributed by atoms with van der Waals surface area (Å²) >= 11 is 0. The molecule has 1 saturated carbocycles. The third kappa shape index (κ3) is 8.45. The maximum Gasteiger partial charge on any atom is 0.243 e. The van der Waals surface area contributed by atoms with Crippen LogP contribution < -0.4 is 26.8 Å². The lowest BCUT2D eigenvalue weighted by Crippen LogP contribution is -2.55. The van der Waals surface area contributed by atoms with Gasteiger partial charge in [0.2, 0.25) is 17.7 Å². The van der Waals surface area contributed by atoms with E-state index in [-0.39, 0.29) is 11.8 Å². The number of hydrogen-bond donors (Lipinski definition) is 4. The van der Waals surface area contributed by atoms with Crippen molar-refractivity contribution >= 4 is 17.7 Å². The molecule has 4 rings (SSSR count). The van der Waals surface area contributed by atoms with Gasteiger partial charge in [-0.1, -0.05) is 86.0 Å². The standard InChI is InChI=1S/C35H44N4O4/c1-2-43-29-17-15-26(16-18-29)21-30(35(34(37)42)19-7-4-8-20-35)32(40)39-31(22-25-9-5-3-6-10-25)33(41)38-24-28-13-11-27(23-36)12-14-28/h3,5-6,9-18,30-31H,2,4,7-8,19-24,36H2,1H3,(H2,37,42)(H,38,41)(H,39,40)/t30-,31-/m0/s1. The van der Waals surface area contributed by atoms with Crippen LogP contribution in [-0.2, 0) is 40.3 Å². The van der Waals surface area contributed by atoms with Gasteiger partial charge in [-0.3, -0.25) is 14.4 Å². The summed E-state index contributed by atoms with van der Waals surface area (Å²) in [6, 6.07) is 24.1. The van der Waals surface area contributed by atoms with Crippen LogP contribution in [0.2, 0.25) is 0 Å². The largest absolute Gasteiger partial charge is 0.494 e. The Morgan fingerprint density at radius 1 is 0.791 bits per heavy atom. The molecule has 228 valence electrons. The zero-order valence-electron chi connectivity index (χ0n) is 25.0. The molecule has 3 aromatic carbocycles. The highest BCUT2D eigenvalue weighted by Crippen LogP contribution is 2.44. The van der Waals surface area contributed by atoms with Crippen molar-refractivity contribution in [2.24, 2.45) is 22.8 Å². The quantitative estimate of drug-likeness (QED) is 0.225. The van der Waals surface area contributed by atoms with Crippen molar-refractivity contribution in [3.63, 3.8) is 0 Å². The molecule has 1 aliphatic rings. The van der Waals surface area contributed by atoms with Crippen molar-refractivity contribution in [3.8, 4) is 5.75 Å². The van der Waals surface area contributed by atoms with E-state index in [1.54, 1.807) is 0 Å². The number of carbonyl (C=O) groups excluding carboxylic acids is 3. The van der Waals surface area contributed by atoms with E-state index in [4.69, 9.17) is 16.2 Å². The van der Waals surface area contributed by atoms with Crippen molar-refractivity contribution in [2.45, 2.75) is 71.0 Å². The molecular formula is C35H44N4O4. The molecule has 0 bridgehead atoms. The van der Waals surface area contributed by atoms with Gasteiger partial charge >= 0.3 is 0 Å². The second kappa shape index (κ2) is 15.3. The average Bonchev–Trinajstić information content (AvgIpc) is 3.04. The van der Waals surface area contributed by atoms with Crippen LogP contribution in [0.3, 0.4) is 0 Å². The summed E-state index contributed by atoms with van der Waals surface area (Å²) in [5.74, 6) is -1.07. The van der Waals surface area contributed by atoms with Crippen LogP contribution in [0.5, 0.6) is 5.75 Å². The third-order valence-corrected chi connectivity index (χ3v) is 8.54. The summed E-state index contributed by atoms with van der Waals surface area (Å²) in [5.41, 5.74) is 14.6. The molecule has 0 aromatic heterocycles. The van der Waals surface area contributed by atoms with Crippen LogP contribution in [0.15, 0.2) is 78.9 Å². The maximum absolute atomic E-state index is 14.2. The number of carbonyl (C=O) groups is 3.